The van der Waals surface area contributed by atoms with E-state index in [1.165, 1.54) is 36.1 Å². The zero-order valence-corrected chi connectivity index (χ0v) is 13.6. The number of hydrogen-bond donors (Lipinski definition) is 1. The molecule has 1 aromatic heterocycles. The average Bonchev–Trinajstić information content (AvgIpc) is 3.03. The number of nitrogens with one attached hydrogen (secondary N) is 1. The smallest absolute Gasteiger partial charge is 0.275 e. The van der Waals surface area contributed by atoms with E-state index in [9.17, 15) is 12.8 Å². The first-order chi connectivity index (χ1) is 11.5. The van der Waals surface area contributed by atoms with Crippen molar-refractivity contribution in [3.63, 3.8) is 0 Å². The van der Waals surface area contributed by atoms with Crippen molar-refractivity contribution >= 4 is 10.0 Å². The van der Waals surface area contributed by atoms with Gasteiger partial charge in [0.05, 0.1) is 17.7 Å². The first-order valence-corrected chi connectivity index (χ1v) is 8.59. The van der Waals surface area contributed by atoms with Gasteiger partial charge in [-0.3, -0.25) is 4.68 Å². The van der Waals surface area contributed by atoms with Crippen LogP contribution in [-0.4, -0.2) is 20.2 Å². The Balaban J connectivity index is 1.95. The van der Waals surface area contributed by atoms with Crippen LogP contribution in [0.4, 0.5) is 4.39 Å². The molecule has 1 heterocycles. The van der Waals surface area contributed by atoms with Gasteiger partial charge in [-0.05, 0) is 42.5 Å². The summed E-state index contributed by atoms with van der Waals surface area (Å²) >= 11 is 0. The molecule has 0 unspecified atom stereocenters. The number of nitrogens with zero attached hydrogens (tertiary/aromatic N) is 1. The minimum Gasteiger partial charge on any atom is -0.494 e. The molecule has 0 aliphatic carbocycles. The molecular formula is C17H15FN2O3S. The monoisotopic (exact) mass is 346 g/mol. The quantitative estimate of drug-likeness (QED) is 0.771. The SMILES string of the molecule is COc1ccc(-c2cccn2NS(=O)(=O)c2ccccc2)cc1F. The predicted molar refractivity (Wildman–Crippen MR) is 89.4 cm³/mol. The summed E-state index contributed by atoms with van der Waals surface area (Å²) in [6.45, 7) is 0. The van der Waals surface area contributed by atoms with Crippen LogP contribution in [0.3, 0.4) is 0 Å². The first kappa shape index (κ1) is 16.1. The van der Waals surface area contributed by atoms with Gasteiger partial charge in [-0.1, -0.05) is 18.2 Å². The van der Waals surface area contributed by atoms with Gasteiger partial charge in [-0.2, -0.15) is 8.42 Å². The molecule has 7 heteroatoms. The fourth-order valence-electron chi connectivity index (χ4n) is 2.30. The van der Waals surface area contributed by atoms with Gasteiger partial charge in [0.15, 0.2) is 11.6 Å². The number of halogens is 1. The van der Waals surface area contributed by atoms with Crippen LogP contribution in [0.5, 0.6) is 5.75 Å². The van der Waals surface area contributed by atoms with E-state index in [0.29, 0.717) is 11.3 Å². The molecule has 0 saturated heterocycles. The Bertz CT molecular complexity index is 953. The highest BCUT2D eigenvalue weighted by molar-refractivity contribution is 7.92. The lowest BCUT2D eigenvalue weighted by Crippen LogP contribution is -2.23. The molecular weight excluding hydrogens is 331 g/mol. The zero-order chi connectivity index (χ0) is 17.2. The van der Waals surface area contributed by atoms with Crippen LogP contribution < -0.4 is 9.57 Å². The Hall–Kier alpha value is -2.80. The van der Waals surface area contributed by atoms with Crippen molar-refractivity contribution in [2.75, 3.05) is 11.9 Å². The number of sulfonamides is 1. The van der Waals surface area contributed by atoms with Gasteiger partial charge in [0.1, 0.15) is 0 Å². The van der Waals surface area contributed by atoms with E-state index in [4.69, 9.17) is 4.74 Å². The lowest BCUT2D eigenvalue weighted by atomic mass is 10.1. The minimum absolute atomic E-state index is 0.127. The molecule has 124 valence electrons. The summed E-state index contributed by atoms with van der Waals surface area (Å²) in [5, 5.41) is 0. The van der Waals surface area contributed by atoms with Crippen molar-refractivity contribution in [2.45, 2.75) is 4.90 Å². The molecule has 24 heavy (non-hydrogen) atoms. The molecule has 0 amide bonds. The van der Waals surface area contributed by atoms with Gasteiger partial charge in [0.2, 0.25) is 0 Å². The Kier molecular flexibility index (Phi) is 4.26. The summed E-state index contributed by atoms with van der Waals surface area (Å²) in [6.07, 6.45) is 1.55. The van der Waals surface area contributed by atoms with E-state index in [1.807, 2.05) is 0 Å². The van der Waals surface area contributed by atoms with Crippen LogP contribution in [0, 0.1) is 5.82 Å². The van der Waals surface area contributed by atoms with E-state index in [2.05, 4.69) is 4.83 Å². The summed E-state index contributed by atoms with van der Waals surface area (Å²) in [5.74, 6) is -0.393. The van der Waals surface area contributed by atoms with E-state index in [0.717, 1.165) is 0 Å². The maximum atomic E-state index is 13.9. The Morgan fingerprint density at radius 1 is 1.04 bits per heavy atom. The molecule has 2 aromatic carbocycles. The molecule has 0 saturated carbocycles. The van der Waals surface area contributed by atoms with Crippen molar-refractivity contribution in [3.8, 4) is 17.0 Å². The van der Waals surface area contributed by atoms with E-state index in [-0.39, 0.29) is 10.6 Å². The fourth-order valence-corrected chi connectivity index (χ4v) is 3.34. The van der Waals surface area contributed by atoms with Gasteiger partial charge in [0, 0.05) is 11.8 Å². The summed E-state index contributed by atoms with van der Waals surface area (Å²) < 4.78 is 45.0. The molecule has 0 bridgehead atoms. The lowest BCUT2D eigenvalue weighted by molar-refractivity contribution is 0.386. The average molecular weight is 346 g/mol. The molecule has 5 nitrogen and oxygen atoms in total. The predicted octanol–water partition coefficient (Wildman–Crippen LogP) is 3.24. The molecule has 0 radical (unpaired) electrons. The number of ether oxygens (including phenoxy) is 1. The molecule has 0 aliphatic heterocycles. The van der Waals surface area contributed by atoms with Gasteiger partial charge in [-0.25, -0.2) is 9.22 Å². The summed E-state index contributed by atoms with van der Waals surface area (Å²) in [6, 6.07) is 15.8. The van der Waals surface area contributed by atoms with Crippen LogP contribution in [0.25, 0.3) is 11.3 Å². The second-order valence-corrected chi connectivity index (χ2v) is 6.68. The summed E-state index contributed by atoms with van der Waals surface area (Å²) in [5.41, 5.74) is 1.03. The van der Waals surface area contributed by atoms with Crippen molar-refractivity contribution in [1.29, 1.82) is 0 Å². The number of methoxy groups -OCH3 is 1. The second kappa shape index (κ2) is 6.37. The number of hydrogen-bond acceptors (Lipinski definition) is 3. The zero-order valence-electron chi connectivity index (χ0n) is 12.8. The fraction of sp³-hybridized carbons (Fsp3) is 0.0588. The maximum Gasteiger partial charge on any atom is 0.275 e. The van der Waals surface area contributed by atoms with Crippen LogP contribution in [0.1, 0.15) is 0 Å². The highest BCUT2D eigenvalue weighted by atomic mass is 32.2. The first-order valence-electron chi connectivity index (χ1n) is 7.10. The van der Waals surface area contributed by atoms with Gasteiger partial charge in [0.25, 0.3) is 10.0 Å². The molecule has 0 spiro atoms. The lowest BCUT2D eigenvalue weighted by Gasteiger charge is -2.13. The number of benzene rings is 2. The number of rotatable bonds is 5. The third kappa shape index (κ3) is 3.11. The van der Waals surface area contributed by atoms with Crippen molar-refractivity contribution in [3.05, 3.63) is 72.7 Å². The molecule has 3 rings (SSSR count). The van der Waals surface area contributed by atoms with E-state index < -0.39 is 15.8 Å². The van der Waals surface area contributed by atoms with E-state index in [1.54, 1.807) is 42.6 Å². The van der Waals surface area contributed by atoms with Crippen molar-refractivity contribution in [2.24, 2.45) is 0 Å². The number of aromatic nitrogens is 1. The van der Waals surface area contributed by atoms with Crippen LogP contribution >= 0.6 is 0 Å². The van der Waals surface area contributed by atoms with E-state index >= 15 is 0 Å². The summed E-state index contributed by atoms with van der Waals surface area (Å²) in [4.78, 5) is 2.61. The van der Waals surface area contributed by atoms with Gasteiger partial charge in [-0.15, -0.1) is 0 Å². The normalized spacial score (nSPS) is 11.2. The van der Waals surface area contributed by atoms with Crippen molar-refractivity contribution in [1.82, 2.24) is 4.68 Å². The highest BCUT2D eigenvalue weighted by Gasteiger charge is 2.16. The van der Waals surface area contributed by atoms with Gasteiger partial charge >= 0.3 is 0 Å². The minimum atomic E-state index is -3.74. The molecule has 0 atom stereocenters. The van der Waals surface area contributed by atoms with Crippen molar-refractivity contribution < 1.29 is 17.5 Å². The maximum absolute atomic E-state index is 13.9. The van der Waals surface area contributed by atoms with Gasteiger partial charge < -0.3 is 4.74 Å². The third-order valence-corrected chi connectivity index (χ3v) is 4.80. The molecule has 3 aromatic rings. The molecule has 1 N–H and O–H groups in total. The Labute approximate surface area is 139 Å². The molecule has 0 fully saturated rings. The van der Waals surface area contributed by atoms with Crippen LogP contribution in [0.15, 0.2) is 71.8 Å². The van der Waals surface area contributed by atoms with Crippen LogP contribution in [-0.2, 0) is 10.0 Å². The topological polar surface area (TPSA) is 60.3 Å². The Morgan fingerprint density at radius 3 is 2.46 bits per heavy atom. The largest absolute Gasteiger partial charge is 0.494 e. The third-order valence-electron chi connectivity index (χ3n) is 3.47. The highest BCUT2D eigenvalue weighted by Crippen LogP contribution is 2.26. The Morgan fingerprint density at radius 2 is 1.79 bits per heavy atom. The summed E-state index contributed by atoms with van der Waals surface area (Å²) in [7, 11) is -2.36. The second-order valence-electron chi connectivity index (χ2n) is 5.02. The van der Waals surface area contributed by atoms with Crippen LogP contribution in [0.2, 0.25) is 0 Å². The molecule has 0 aliphatic rings. The standard InChI is InChI=1S/C17H15FN2O3S/c1-23-17-10-9-13(12-15(17)18)16-8-5-11-20(16)19-24(21,22)14-6-3-2-4-7-14/h2-12,19H,1H3.